The zero-order chi connectivity index (χ0) is 18.4. The molecule has 3 amide bonds. The van der Waals surface area contributed by atoms with Gasteiger partial charge >= 0.3 is 6.03 Å². The Morgan fingerprint density at radius 2 is 2.15 bits per heavy atom. The van der Waals surface area contributed by atoms with Gasteiger partial charge in [0.2, 0.25) is 5.91 Å². The first-order valence-electron chi connectivity index (χ1n) is 9.07. The molecule has 0 aromatic heterocycles. The molecule has 0 aromatic carbocycles. The third-order valence-electron chi connectivity index (χ3n) is 5.09. The Morgan fingerprint density at radius 1 is 1.42 bits per heavy atom. The number of aliphatic imine (C=N–C) groups is 1. The van der Waals surface area contributed by atoms with Crippen molar-refractivity contribution in [2.45, 2.75) is 52.2 Å². The molecule has 2 fully saturated rings. The third-order valence-corrected chi connectivity index (χ3v) is 5.09. The maximum Gasteiger partial charge on any atom is 0.324 e. The number of carbonyl (C=O) groups excluding carboxylic acids is 2. The van der Waals surface area contributed by atoms with Gasteiger partial charge in [-0.25, -0.2) is 4.79 Å². The number of halogens is 1. The summed E-state index contributed by atoms with van der Waals surface area (Å²) < 4.78 is 5.96. The number of hydrogen-bond donors (Lipinski definition) is 3. The molecule has 1 aliphatic heterocycles. The molecule has 0 bridgehead atoms. The van der Waals surface area contributed by atoms with Crippen molar-refractivity contribution < 1.29 is 14.3 Å². The lowest BCUT2D eigenvalue weighted by atomic mass is 9.64. The van der Waals surface area contributed by atoms with Crippen molar-refractivity contribution in [3.63, 3.8) is 0 Å². The second-order valence-electron chi connectivity index (χ2n) is 7.17. The molecule has 8 nitrogen and oxygen atoms in total. The van der Waals surface area contributed by atoms with E-state index in [1.165, 1.54) is 4.90 Å². The molecule has 0 spiro atoms. The highest BCUT2D eigenvalue weighted by molar-refractivity contribution is 14.0. The highest BCUT2D eigenvalue weighted by Crippen LogP contribution is 2.42. The van der Waals surface area contributed by atoms with Crippen LogP contribution >= 0.6 is 24.0 Å². The predicted octanol–water partition coefficient (Wildman–Crippen LogP) is 1.31. The summed E-state index contributed by atoms with van der Waals surface area (Å²) in [6.07, 6.45) is 3.45. The summed E-state index contributed by atoms with van der Waals surface area (Å²) in [7, 11) is 1.71. The molecule has 150 valence electrons. The Labute approximate surface area is 172 Å². The summed E-state index contributed by atoms with van der Waals surface area (Å²) in [5.41, 5.74) is 0.0379. The first kappa shape index (κ1) is 22.9. The standard InChI is InChI=1S/C17H31N5O3.HI/c1-5-6-9-25-13-10-12(17(13,2)3)21-15(18-4)19-7-8-22-14(23)11-20-16(22)24;/h12-13H,5-11H2,1-4H3,(H,20,24)(H2,18,19,21);1H. The fourth-order valence-corrected chi connectivity index (χ4v) is 3.11. The minimum absolute atomic E-state index is 0. The van der Waals surface area contributed by atoms with Crippen LogP contribution in [0.25, 0.3) is 0 Å². The second kappa shape index (κ2) is 10.3. The van der Waals surface area contributed by atoms with Crippen LogP contribution in [0, 0.1) is 5.41 Å². The van der Waals surface area contributed by atoms with Gasteiger partial charge < -0.3 is 20.7 Å². The van der Waals surface area contributed by atoms with Gasteiger partial charge in [0.1, 0.15) is 0 Å². The summed E-state index contributed by atoms with van der Waals surface area (Å²) in [6, 6.07) is -0.0519. The van der Waals surface area contributed by atoms with E-state index >= 15 is 0 Å². The first-order valence-corrected chi connectivity index (χ1v) is 9.07. The minimum Gasteiger partial charge on any atom is -0.378 e. The van der Waals surface area contributed by atoms with Crippen LogP contribution in [-0.2, 0) is 9.53 Å². The van der Waals surface area contributed by atoms with Crippen LogP contribution in [0.5, 0.6) is 0 Å². The molecule has 1 saturated carbocycles. The third kappa shape index (κ3) is 5.45. The number of imide groups is 1. The Kier molecular flexibility index (Phi) is 9.08. The first-order chi connectivity index (χ1) is 11.9. The smallest absolute Gasteiger partial charge is 0.324 e. The molecule has 0 radical (unpaired) electrons. The van der Waals surface area contributed by atoms with Crippen LogP contribution in [0.4, 0.5) is 4.79 Å². The largest absolute Gasteiger partial charge is 0.378 e. The van der Waals surface area contributed by atoms with Gasteiger partial charge in [0.15, 0.2) is 5.96 Å². The Bertz CT molecular complexity index is 511. The van der Waals surface area contributed by atoms with E-state index in [2.05, 4.69) is 41.7 Å². The number of unbranched alkanes of at least 4 members (excludes halogenated alkanes) is 1. The minimum atomic E-state index is -0.332. The van der Waals surface area contributed by atoms with Crippen molar-refractivity contribution in [1.29, 1.82) is 0 Å². The van der Waals surface area contributed by atoms with E-state index in [4.69, 9.17) is 4.74 Å². The number of guanidine groups is 1. The van der Waals surface area contributed by atoms with Crippen molar-refractivity contribution in [3.8, 4) is 0 Å². The molecular formula is C17H32IN5O3. The van der Waals surface area contributed by atoms with Crippen LogP contribution in [0.2, 0.25) is 0 Å². The number of ether oxygens (including phenoxy) is 1. The molecule has 3 N–H and O–H groups in total. The molecule has 2 atom stereocenters. The number of amides is 3. The molecule has 1 saturated heterocycles. The molecule has 9 heteroatoms. The summed E-state index contributed by atoms with van der Waals surface area (Å²) in [5.74, 6) is 0.485. The Morgan fingerprint density at radius 3 is 2.69 bits per heavy atom. The van der Waals surface area contributed by atoms with Gasteiger partial charge in [0.05, 0.1) is 12.6 Å². The average molecular weight is 481 g/mol. The summed E-state index contributed by atoms with van der Waals surface area (Å²) in [4.78, 5) is 28.5. The fourth-order valence-electron chi connectivity index (χ4n) is 3.11. The zero-order valence-electron chi connectivity index (χ0n) is 16.1. The SMILES string of the molecule is CCCCOC1CC(NC(=NC)NCCN2C(=O)CNC2=O)C1(C)C.I. The van der Waals surface area contributed by atoms with Crippen molar-refractivity contribution >= 4 is 41.9 Å². The molecule has 2 rings (SSSR count). The van der Waals surface area contributed by atoms with Crippen molar-refractivity contribution in [3.05, 3.63) is 0 Å². The van der Waals surface area contributed by atoms with E-state index in [0.29, 0.717) is 19.0 Å². The van der Waals surface area contributed by atoms with E-state index in [0.717, 1.165) is 25.9 Å². The molecule has 2 unspecified atom stereocenters. The van der Waals surface area contributed by atoms with Gasteiger partial charge in [-0.15, -0.1) is 24.0 Å². The maximum absolute atomic E-state index is 11.5. The number of nitrogens with zero attached hydrogens (tertiary/aromatic N) is 2. The fraction of sp³-hybridized carbons (Fsp3) is 0.824. The Balaban J connectivity index is 0.00000338. The van der Waals surface area contributed by atoms with Crippen LogP contribution in [0.3, 0.4) is 0 Å². The van der Waals surface area contributed by atoms with E-state index in [1.807, 2.05) is 0 Å². The van der Waals surface area contributed by atoms with Crippen LogP contribution in [-0.4, -0.2) is 68.2 Å². The topological polar surface area (TPSA) is 95.1 Å². The lowest BCUT2D eigenvalue weighted by molar-refractivity contribution is -0.124. The van der Waals surface area contributed by atoms with Gasteiger partial charge in [-0.3, -0.25) is 14.7 Å². The van der Waals surface area contributed by atoms with Crippen LogP contribution in [0.1, 0.15) is 40.0 Å². The molecule has 26 heavy (non-hydrogen) atoms. The molecule has 2 aliphatic rings. The maximum atomic E-state index is 11.5. The summed E-state index contributed by atoms with van der Waals surface area (Å²) >= 11 is 0. The molecule has 0 aromatic rings. The summed E-state index contributed by atoms with van der Waals surface area (Å²) in [5, 5.41) is 9.09. The second-order valence-corrected chi connectivity index (χ2v) is 7.17. The van der Waals surface area contributed by atoms with Crippen molar-refractivity contribution in [1.82, 2.24) is 20.9 Å². The number of hydrogen-bond acceptors (Lipinski definition) is 4. The monoisotopic (exact) mass is 481 g/mol. The van der Waals surface area contributed by atoms with Crippen LogP contribution < -0.4 is 16.0 Å². The highest BCUT2D eigenvalue weighted by Gasteiger charge is 2.49. The van der Waals surface area contributed by atoms with Crippen molar-refractivity contribution in [2.75, 3.05) is 33.3 Å². The number of carbonyl (C=O) groups is 2. The molecule has 1 heterocycles. The quantitative estimate of drug-likeness (QED) is 0.160. The predicted molar refractivity (Wildman–Crippen MR) is 112 cm³/mol. The summed E-state index contributed by atoms with van der Waals surface area (Å²) in [6.45, 7) is 8.24. The lowest BCUT2D eigenvalue weighted by Crippen LogP contribution is -2.63. The van der Waals surface area contributed by atoms with Crippen molar-refractivity contribution in [2.24, 2.45) is 10.4 Å². The lowest BCUT2D eigenvalue weighted by Gasteiger charge is -2.52. The normalized spacial score (nSPS) is 24.6. The zero-order valence-corrected chi connectivity index (χ0v) is 18.5. The highest BCUT2D eigenvalue weighted by atomic mass is 127. The van der Waals surface area contributed by atoms with E-state index in [9.17, 15) is 9.59 Å². The van der Waals surface area contributed by atoms with E-state index < -0.39 is 0 Å². The Hall–Kier alpha value is -1.10. The van der Waals surface area contributed by atoms with Gasteiger partial charge in [-0.2, -0.15) is 0 Å². The van der Waals surface area contributed by atoms with Gasteiger partial charge in [-0.05, 0) is 12.8 Å². The molecule has 1 aliphatic carbocycles. The van der Waals surface area contributed by atoms with Crippen LogP contribution in [0.15, 0.2) is 4.99 Å². The number of urea groups is 1. The van der Waals surface area contributed by atoms with E-state index in [-0.39, 0.29) is 60.0 Å². The number of nitrogens with one attached hydrogen (secondary N) is 3. The molecular weight excluding hydrogens is 449 g/mol. The van der Waals surface area contributed by atoms with Gasteiger partial charge in [0, 0.05) is 38.2 Å². The van der Waals surface area contributed by atoms with Gasteiger partial charge in [0.25, 0.3) is 0 Å². The van der Waals surface area contributed by atoms with Gasteiger partial charge in [-0.1, -0.05) is 27.2 Å². The van der Waals surface area contributed by atoms with E-state index in [1.54, 1.807) is 7.05 Å². The average Bonchev–Trinajstić information content (AvgIpc) is 2.90. The number of rotatable bonds is 8.